The van der Waals surface area contributed by atoms with Crippen molar-refractivity contribution >= 4 is 61.6 Å². The number of nitrogens with zero attached hydrogens (tertiary/aromatic N) is 1. The second kappa shape index (κ2) is 9.36. The van der Waals surface area contributed by atoms with Crippen molar-refractivity contribution in [3.8, 4) is 0 Å². The summed E-state index contributed by atoms with van der Waals surface area (Å²) in [6.07, 6.45) is 1.37. The van der Waals surface area contributed by atoms with Gasteiger partial charge in [-0.3, -0.25) is 4.79 Å². The fourth-order valence-electron chi connectivity index (χ4n) is 3.40. The van der Waals surface area contributed by atoms with Crippen LogP contribution in [0.5, 0.6) is 0 Å². The number of benzene rings is 1. The smallest absolute Gasteiger partial charge is 0.292 e. The third kappa shape index (κ3) is 4.63. The Morgan fingerprint density at radius 2 is 2.03 bits per heavy atom. The fraction of sp³-hybridized carbons (Fsp3) is 0.300. The van der Waals surface area contributed by atoms with Crippen molar-refractivity contribution in [2.75, 3.05) is 25.0 Å². The maximum absolute atomic E-state index is 12.0. The van der Waals surface area contributed by atoms with E-state index in [0.29, 0.717) is 40.2 Å². The lowest BCUT2D eigenvalue weighted by atomic mass is 10.1. The molecule has 30 heavy (non-hydrogen) atoms. The average molecular weight is 466 g/mol. The molecule has 1 aromatic carbocycles. The molecule has 7 nitrogen and oxygen atoms in total. The van der Waals surface area contributed by atoms with Gasteiger partial charge in [-0.25, -0.2) is 0 Å². The highest BCUT2D eigenvalue weighted by molar-refractivity contribution is 7.17. The molecule has 0 fully saturated rings. The molecule has 10 heteroatoms. The maximum Gasteiger partial charge on any atom is 0.292 e. The van der Waals surface area contributed by atoms with Crippen molar-refractivity contribution in [2.45, 2.75) is 18.9 Å². The van der Waals surface area contributed by atoms with Gasteiger partial charge in [-0.1, -0.05) is 23.2 Å². The number of fused-ring (bicyclic) bond motifs is 2. The van der Waals surface area contributed by atoms with Crippen LogP contribution in [0.25, 0.3) is 21.1 Å². The molecule has 0 saturated heterocycles. The molecular weight excluding hydrogens is 445 g/mol. The van der Waals surface area contributed by atoms with Gasteiger partial charge in [0.05, 0.1) is 10.5 Å². The first-order valence-electron chi connectivity index (χ1n) is 9.58. The normalized spacial score (nSPS) is 12.6. The Kier molecular flexibility index (Phi) is 6.60. The molecular formula is C20H21Cl2N5O2S. The highest BCUT2D eigenvalue weighted by Gasteiger charge is 2.15. The zero-order valence-electron chi connectivity index (χ0n) is 16.0. The van der Waals surface area contributed by atoms with E-state index in [1.807, 2.05) is 23.6 Å². The molecule has 158 valence electrons. The quantitative estimate of drug-likeness (QED) is 0.237. The average Bonchev–Trinajstić information content (AvgIpc) is 3.34. The number of rotatable bonds is 9. The van der Waals surface area contributed by atoms with Gasteiger partial charge in [0.25, 0.3) is 5.56 Å². The number of anilines is 1. The summed E-state index contributed by atoms with van der Waals surface area (Å²) in [5.41, 5.74) is 2.39. The van der Waals surface area contributed by atoms with Gasteiger partial charge in [-0.15, -0.1) is 11.3 Å². The Labute approximate surface area is 186 Å². The number of hydrogen-bond acceptors (Lipinski definition) is 6. The Morgan fingerprint density at radius 3 is 2.87 bits per heavy atom. The number of nitrogens with one attached hydrogen (secondary N) is 4. The maximum atomic E-state index is 12.0. The molecule has 3 heterocycles. The molecule has 0 spiro atoms. The molecule has 3 aromatic heterocycles. The van der Waals surface area contributed by atoms with Gasteiger partial charge in [-0.2, -0.15) is 4.98 Å². The van der Waals surface area contributed by atoms with Gasteiger partial charge in [-0.05, 0) is 49.0 Å². The second-order valence-electron chi connectivity index (χ2n) is 6.93. The Morgan fingerprint density at radius 1 is 1.17 bits per heavy atom. The van der Waals surface area contributed by atoms with Crippen LogP contribution in [-0.2, 0) is 0 Å². The summed E-state index contributed by atoms with van der Waals surface area (Å²) in [6.45, 7) is 1.42. The minimum Gasteiger partial charge on any atom is -0.396 e. The van der Waals surface area contributed by atoms with E-state index in [2.05, 4.69) is 25.6 Å². The molecule has 0 saturated carbocycles. The van der Waals surface area contributed by atoms with Crippen molar-refractivity contribution in [1.82, 2.24) is 20.3 Å². The molecule has 0 radical (unpaired) electrons. The number of H-pyrrole nitrogens is 2. The van der Waals surface area contributed by atoms with E-state index >= 15 is 0 Å². The van der Waals surface area contributed by atoms with Crippen molar-refractivity contribution in [3.63, 3.8) is 0 Å². The molecule has 4 rings (SSSR count). The molecule has 0 aliphatic rings. The third-order valence-corrected chi connectivity index (χ3v) is 6.26. The largest absolute Gasteiger partial charge is 0.396 e. The first-order valence-corrected chi connectivity index (χ1v) is 11.2. The van der Waals surface area contributed by atoms with Crippen molar-refractivity contribution in [3.05, 3.63) is 55.7 Å². The lowest BCUT2D eigenvalue weighted by Crippen LogP contribution is -2.25. The van der Waals surface area contributed by atoms with Crippen molar-refractivity contribution < 1.29 is 5.11 Å². The van der Waals surface area contributed by atoms with Crippen LogP contribution < -0.4 is 16.2 Å². The predicted octanol–water partition coefficient (Wildman–Crippen LogP) is 4.29. The summed E-state index contributed by atoms with van der Waals surface area (Å²) in [6, 6.07) is 7.37. The van der Waals surface area contributed by atoms with E-state index in [-0.39, 0.29) is 18.2 Å². The highest BCUT2D eigenvalue weighted by Crippen LogP contribution is 2.30. The number of aliphatic hydroxyl groups is 1. The minimum atomic E-state index is -0.222. The molecule has 0 bridgehead atoms. The van der Waals surface area contributed by atoms with Crippen LogP contribution >= 0.6 is 34.5 Å². The summed E-state index contributed by atoms with van der Waals surface area (Å²) in [5.74, 6) is 0.472. The van der Waals surface area contributed by atoms with Crippen LogP contribution in [-0.4, -0.2) is 39.8 Å². The van der Waals surface area contributed by atoms with E-state index in [4.69, 9.17) is 23.2 Å². The van der Waals surface area contributed by atoms with Crippen LogP contribution in [0, 0.1) is 0 Å². The molecule has 1 atom stereocenters. The monoisotopic (exact) mass is 465 g/mol. The van der Waals surface area contributed by atoms with Crippen LogP contribution in [0.15, 0.2) is 34.4 Å². The summed E-state index contributed by atoms with van der Waals surface area (Å²) in [7, 11) is 0. The van der Waals surface area contributed by atoms with Gasteiger partial charge < -0.3 is 25.7 Å². The Balaban J connectivity index is 1.35. The summed E-state index contributed by atoms with van der Waals surface area (Å²) in [5, 5.41) is 20.0. The highest BCUT2D eigenvalue weighted by atomic mass is 35.5. The molecule has 4 aromatic rings. The van der Waals surface area contributed by atoms with Crippen molar-refractivity contribution in [1.29, 1.82) is 0 Å². The minimum absolute atomic E-state index is 0.0441. The van der Waals surface area contributed by atoms with Crippen LogP contribution in [0.1, 0.15) is 24.6 Å². The Bertz CT molecular complexity index is 1220. The standard InChI is InChI=1S/C20H21Cl2N5O2S/c21-11-8-13(22)12-10-17(25-16(12)9-11)14(2-6-28)23-4-1-5-24-20-26-15-3-7-30-18(15)19(29)27-20/h3,7-10,14,23,25,28H,1-2,4-6H2,(H2,24,26,27,29). The first kappa shape index (κ1) is 21.1. The summed E-state index contributed by atoms with van der Waals surface area (Å²) in [4.78, 5) is 22.5. The zero-order valence-corrected chi connectivity index (χ0v) is 18.3. The van der Waals surface area contributed by atoms with Crippen LogP contribution in [0.2, 0.25) is 10.0 Å². The van der Waals surface area contributed by atoms with E-state index < -0.39 is 0 Å². The van der Waals surface area contributed by atoms with E-state index in [0.717, 1.165) is 28.5 Å². The van der Waals surface area contributed by atoms with E-state index in [1.165, 1.54) is 11.3 Å². The molecule has 0 aliphatic heterocycles. The first-order chi connectivity index (χ1) is 14.5. The molecule has 1 unspecified atom stereocenters. The third-order valence-electron chi connectivity index (χ3n) is 4.83. The SMILES string of the molecule is O=c1nc(NCCCNC(CCO)c2cc3c(Cl)cc(Cl)cc3[nH]2)[nH]c2ccsc12. The van der Waals surface area contributed by atoms with E-state index in [9.17, 15) is 9.90 Å². The topological polar surface area (TPSA) is 106 Å². The number of aromatic nitrogens is 3. The lowest BCUT2D eigenvalue weighted by Gasteiger charge is -2.16. The van der Waals surface area contributed by atoms with Gasteiger partial charge in [0.2, 0.25) is 5.95 Å². The number of aromatic amines is 2. The second-order valence-corrected chi connectivity index (χ2v) is 8.69. The lowest BCUT2D eigenvalue weighted by molar-refractivity contribution is 0.264. The van der Waals surface area contributed by atoms with Gasteiger partial charge in [0.1, 0.15) is 4.70 Å². The molecule has 5 N–H and O–H groups in total. The Hall–Kier alpha value is -2.10. The fourth-order valence-corrected chi connectivity index (χ4v) is 4.68. The van der Waals surface area contributed by atoms with Gasteiger partial charge >= 0.3 is 0 Å². The van der Waals surface area contributed by atoms with Crippen LogP contribution in [0.3, 0.4) is 0 Å². The number of hydrogen-bond donors (Lipinski definition) is 5. The number of aliphatic hydroxyl groups excluding tert-OH is 1. The molecule has 0 aliphatic carbocycles. The van der Waals surface area contributed by atoms with Gasteiger partial charge in [0.15, 0.2) is 0 Å². The predicted molar refractivity (Wildman–Crippen MR) is 124 cm³/mol. The summed E-state index contributed by atoms with van der Waals surface area (Å²) < 4.78 is 0.633. The van der Waals surface area contributed by atoms with Gasteiger partial charge in [0, 0.05) is 40.8 Å². The number of halogens is 2. The number of thiophene rings is 1. The molecule has 0 amide bonds. The van der Waals surface area contributed by atoms with Crippen LogP contribution in [0.4, 0.5) is 5.95 Å². The summed E-state index contributed by atoms with van der Waals surface area (Å²) >= 11 is 13.8. The zero-order chi connectivity index (χ0) is 21.1. The van der Waals surface area contributed by atoms with Crippen molar-refractivity contribution in [2.24, 2.45) is 0 Å². The van der Waals surface area contributed by atoms with E-state index in [1.54, 1.807) is 6.07 Å².